The third-order valence-electron chi connectivity index (χ3n) is 1.23. The predicted molar refractivity (Wildman–Crippen MR) is 42.6 cm³/mol. The highest BCUT2D eigenvalue weighted by molar-refractivity contribution is 6.28. The van der Waals surface area contributed by atoms with Gasteiger partial charge in [-0.05, 0) is 11.6 Å². The number of hydrogen-bond acceptors (Lipinski definition) is 5. The summed E-state index contributed by atoms with van der Waals surface area (Å²) in [5.74, 6) is 0.0891. The predicted octanol–water partition coefficient (Wildman–Crippen LogP) is -0.601. The van der Waals surface area contributed by atoms with Crippen molar-refractivity contribution in [3.8, 4) is 5.95 Å². The smallest absolute Gasteiger partial charge is 0.280 e. The van der Waals surface area contributed by atoms with Gasteiger partial charge in [0, 0.05) is 0 Å². The topological polar surface area (TPSA) is 89.3 Å². The molecule has 0 fully saturated rings. The van der Waals surface area contributed by atoms with Crippen molar-refractivity contribution in [1.29, 1.82) is 0 Å². The number of halogens is 1. The molecule has 7 nitrogen and oxygen atoms in total. The van der Waals surface area contributed by atoms with Crippen LogP contribution in [0.3, 0.4) is 0 Å². The Balaban J connectivity index is 2.59. The van der Waals surface area contributed by atoms with Gasteiger partial charge in [0.25, 0.3) is 5.95 Å². The number of nitrogens with one attached hydrogen (secondary N) is 1. The summed E-state index contributed by atoms with van der Waals surface area (Å²) < 4.78 is 1.24. The van der Waals surface area contributed by atoms with E-state index >= 15 is 0 Å². The Bertz CT molecular complexity index is 462. The molecule has 0 atom stereocenters. The van der Waals surface area contributed by atoms with Crippen LogP contribution in [0.5, 0.6) is 0 Å². The van der Waals surface area contributed by atoms with E-state index < -0.39 is 5.69 Å². The van der Waals surface area contributed by atoms with Gasteiger partial charge in [0.05, 0.1) is 0 Å². The van der Waals surface area contributed by atoms with Gasteiger partial charge in [-0.25, -0.2) is 9.78 Å². The van der Waals surface area contributed by atoms with E-state index in [4.69, 9.17) is 11.6 Å². The monoisotopic (exact) mass is 198 g/mol. The van der Waals surface area contributed by atoms with Crippen LogP contribution in [0.15, 0.2) is 17.4 Å². The lowest BCUT2D eigenvalue weighted by Gasteiger charge is -1.95. The van der Waals surface area contributed by atoms with E-state index in [1.54, 1.807) is 0 Å². The molecule has 0 amide bonds. The molecule has 0 unspecified atom stereocenters. The number of rotatable bonds is 1. The van der Waals surface area contributed by atoms with Gasteiger partial charge in [0.15, 0.2) is 0 Å². The molecule has 0 saturated carbocycles. The summed E-state index contributed by atoms with van der Waals surface area (Å²) >= 11 is 5.50. The number of aromatic amines is 1. The van der Waals surface area contributed by atoms with Crippen LogP contribution in [0.2, 0.25) is 5.28 Å². The highest BCUT2D eigenvalue weighted by Gasteiger charge is 2.02. The van der Waals surface area contributed by atoms with Gasteiger partial charge in [-0.1, -0.05) is 0 Å². The summed E-state index contributed by atoms with van der Waals surface area (Å²) in [7, 11) is 0. The first-order chi connectivity index (χ1) is 6.25. The lowest BCUT2D eigenvalue weighted by Crippen LogP contribution is -2.16. The first-order valence-electron chi connectivity index (χ1n) is 3.24. The molecule has 0 spiro atoms. The highest BCUT2D eigenvalue weighted by atomic mass is 35.5. The van der Waals surface area contributed by atoms with Crippen LogP contribution in [0.1, 0.15) is 0 Å². The molecule has 0 aliphatic heterocycles. The Labute approximate surface area is 76.4 Å². The fourth-order valence-electron chi connectivity index (χ4n) is 0.762. The van der Waals surface area contributed by atoms with Gasteiger partial charge < -0.3 is 0 Å². The number of aromatic nitrogens is 6. The Kier molecular flexibility index (Phi) is 1.78. The second-order valence-electron chi connectivity index (χ2n) is 2.08. The maximum Gasteiger partial charge on any atom is 0.350 e. The average molecular weight is 199 g/mol. The molecule has 2 heterocycles. The van der Waals surface area contributed by atoms with E-state index in [0.717, 1.165) is 0 Å². The summed E-state index contributed by atoms with van der Waals surface area (Å²) in [6, 6.07) is 0. The summed E-state index contributed by atoms with van der Waals surface area (Å²) in [5, 5.41) is 3.70. The van der Waals surface area contributed by atoms with Crippen molar-refractivity contribution in [2.45, 2.75) is 0 Å². The van der Waals surface area contributed by atoms with E-state index in [9.17, 15) is 4.79 Å². The van der Waals surface area contributed by atoms with E-state index in [1.165, 1.54) is 17.3 Å². The van der Waals surface area contributed by atoms with Crippen molar-refractivity contribution in [2.75, 3.05) is 0 Å². The fourth-order valence-corrected chi connectivity index (χ4v) is 0.918. The lowest BCUT2D eigenvalue weighted by molar-refractivity contribution is 0.781. The molecule has 13 heavy (non-hydrogen) atoms. The van der Waals surface area contributed by atoms with Crippen molar-refractivity contribution in [3.05, 3.63) is 28.4 Å². The molecule has 0 aliphatic rings. The summed E-state index contributed by atoms with van der Waals surface area (Å²) in [4.78, 5) is 24.0. The zero-order chi connectivity index (χ0) is 9.26. The van der Waals surface area contributed by atoms with Crippen LogP contribution < -0.4 is 5.69 Å². The highest BCUT2D eigenvalue weighted by Crippen LogP contribution is 1.98. The quantitative estimate of drug-likeness (QED) is 0.661. The van der Waals surface area contributed by atoms with Crippen LogP contribution in [0.25, 0.3) is 5.95 Å². The lowest BCUT2D eigenvalue weighted by atomic mass is 10.9. The average Bonchev–Trinajstić information content (AvgIpc) is 2.53. The molecule has 0 bridgehead atoms. The largest absolute Gasteiger partial charge is 0.350 e. The van der Waals surface area contributed by atoms with Crippen molar-refractivity contribution in [2.24, 2.45) is 0 Å². The third kappa shape index (κ3) is 1.54. The molecule has 0 saturated heterocycles. The van der Waals surface area contributed by atoms with Gasteiger partial charge in [-0.3, -0.25) is 4.98 Å². The molecule has 2 rings (SSSR count). The minimum Gasteiger partial charge on any atom is -0.280 e. The van der Waals surface area contributed by atoms with Gasteiger partial charge in [0.1, 0.15) is 12.7 Å². The van der Waals surface area contributed by atoms with Crippen molar-refractivity contribution < 1.29 is 0 Å². The van der Waals surface area contributed by atoms with Crippen LogP contribution in [0.4, 0.5) is 0 Å². The molecule has 0 aliphatic carbocycles. The maximum atomic E-state index is 10.9. The Hall–Kier alpha value is -1.76. The number of hydrogen-bond donors (Lipinski definition) is 1. The zero-order valence-electron chi connectivity index (χ0n) is 6.18. The van der Waals surface area contributed by atoms with E-state index in [0.29, 0.717) is 0 Å². The van der Waals surface area contributed by atoms with Crippen LogP contribution >= 0.6 is 11.6 Å². The Morgan fingerprint density at radius 1 is 1.46 bits per heavy atom. The second kappa shape index (κ2) is 2.94. The van der Waals surface area contributed by atoms with Crippen molar-refractivity contribution in [1.82, 2.24) is 29.7 Å². The minimum absolute atomic E-state index is 0.0366. The Morgan fingerprint density at radius 2 is 2.31 bits per heavy atom. The molecular weight excluding hydrogens is 196 g/mol. The van der Waals surface area contributed by atoms with E-state index in [1.807, 2.05) is 0 Å². The molecule has 8 heteroatoms. The van der Waals surface area contributed by atoms with Crippen molar-refractivity contribution >= 4 is 11.6 Å². The molecular formula is C5H3ClN6O. The first kappa shape index (κ1) is 7.87. The van der Waals surface area contributed by atoms with E-state index in [2.05, 4.69) is 25.0 Å². The second-order valence-corrected chi connectivity index (χ2v) is 2.44. The van der Waals surface area contributed by atoms with Gasteiger partial charge in [0.2, 0.25) is 5.28 Å². The maximum absolute atomic E-state index is 10.9. The molecule has 66 valence electrons. The minimum atomic E-state index is -0.578. The molecule has 0 aromatic carbocycles. The zero-order valence-corrected chi connectivity index (χ0v) is 6.93. The van der Waals surface area contributed by atoms with Gasteiger partial charge >= 0.3 is 5.69 Å². The first-order valence-corrected chi connectivity index (χ1v) is 3.62. The normalized spacial score (nSPS) is 10.2. The third-order valence-corrected chi connectivity index (χ3v) is 1.41. The molecule has 2 aromatic rings. The van der Waals surface area contributed by atoms with Gasteiger partial charge in [-0.2, -0.15) is 19.7 Å². The molecule has 2 aromatic heterocycles. The summed E-state index contributed by atoms with van der Waals surface area (Å²) in [6.45, 7) is 0. The Morgan fingerprint density at radius 3 is 2.92 bits per heavy atom. The van der Waals surface area contributed by atoms with Crippen LogP contribution in [-0.4, -0.2) is 29.7 Å². The fraction of sp³-hybridized carbons (Fsp3) is 0. The standard InChI is InChI=1S/C5H3ClN6O/c6-3-9-4(11-5(13)10-3)12-2-7-1-8-12/h1-2H,(H,9,10,11,13). The van der Waals surface area contributed by atoms with Gasteiger partial charge in [-0.15, -0.1) is 0 Å². The summed E-state index contributed by atoms with van der Waals surface area (Å²) in [6.07, 6.45) is 2.67. The SMILES string of the molecule is O=c1nc(-n2cncn2)nc(Cl)[nH]1. The van der Waals surface area contributed by atoms with Crippen LogP contribution in [0, 0.1) is 0 Å². The molecule has 1 N–H and O–H groups in total. The van der Waals surface area contributed by atoms with Crippen molar-refractivity contribution in [3.63, 3.8) is 0 Å². The number of H-pyrrole nitrogens is 1. The molecule has 0 radical (unpaired) electrons. The van der Waals surface area contributed by atoms with E-state index in [-0.39, 0.29) is 11.2 Å². The van der Waals surface area contributed by atoms with Crippen LogP contribution in [-0.2, 0) is 0 Å². The summed E-state index contributed by atoms with van der Waals surface area (Å²) in [5.41, 5.74) is -0.578. The number of nitrogens with zero attached hydrogens (tertiary/aromatic N) is 5.